The van der Waals surface area contributed by atoms with E-state index in [4.69, 9.17) is 4.74 Å². The Morgan fingerprint density at radius 2 is 1.90 bits per heavy atom. The minimum atomic E-state index is -4.05. The van der Waals surface area contributed by atoms with Crippen LogP contribution in [0.5, 0.6) is 0 Å². The summed E-state index contributed by atoms with van der Waals surface area (Å²) in [7, 11) is -4.05. The van der Waals surface area contributed by atoms with Gasteiger partial charge >= 0.3 is 5.97 Å². The number of amides is 1. The molecular formula is C20H27FN2O5S. The van der Waals surface area contributed by atoms with Crippen molar-refractivity contribution in [3.8, 4) is 0 Å². The van der Waals surface area contributed by atoms with E-state index in [2.05, 4.69) is 6.58 Å². The van der Waals surface area contributed by atoms with E-state index in [0.717, 1.165) is 30.2 Å². The van der Waals surface area contributed by atoms with Crippen LogP contribution in [-0.4, -0.2) is 62.3 Å². The molecule has 1 aliphatic rings. The van der Waals surface area contributed by atoms with Gasteiger partial charge in [0.25, 0.3) is 5.91 Å². The molecule has 0 saturated carbocycles. The Morgan fingerprint density at radius 3 is 2.48 bits per heavy atom. The predicted molar refractivity (Wildman–Crippen MR) is 106 cm³/mol. The van der Waals surface area contributed by atoms with Gasteiger partial charge in [-0.15, -0.1) is 0 Å². The van der Waals surface area contributed by atoms with E-state index in [9.17, 15) is 22.4 Å². The van der Waals surface area contributed by atoms with E-state index in [1.807, 2.05) is 0 Å². The van der Waals surface area contributed by atoms with E-state index in [1.54, 1.807) is 13.8 Å². The molecule has 1 aliphatic heterocycles. The first-order chi connectivity index (χ1) is 13.7. The molecule has 7 nitrogen and oxygen atoms in total. The molecule has 0 spiro atoms. The highest BCUT2D eigenvalue weighted by Crippen LogP contribution is 2.24. The van der Waals surface area contributed by atoms with Crippen LogP contribution in [0.4, 0.5) is 4.39 Å². The van der Waals surface area contributed by atoms with Crippen molar-refractivity contribution >= 4 is 21.9 Å². The van der Waals surface area contributed by atoms with Crippen molar-refractivity contribution in [3.05, 3.63) is 41.7 Å². The number of nitrogens with zero attached hydrogens (tertiary/aromatic N) is 2. The van der Waals surface area contributed by atoms with Gasteiger partial charge in [-0.25, -0.2) is 17.6 Å². The Kier molecular flexibility index (Phi) is 7.92. The molecule has 0 atom stereocenters. The molecule has 0 bridgehead atoms. The van der Waals surface area contributed by atoms with Crippen LogP contribution in [0.15, 0.2) is 35.2 Å². The number of sulfonamides is 1. The number of rotatable bonds is 8. The summed E-state index contributed by atoms with van der Waals surface area (Å²) < 4.78 is 46.0. The summed E-state index contributed by atoms with van der Waals surface area (Å²) in [5.41, 5.74) is 0.662. The highest BCUT2D eigenvalue weighted by molar-refractivity contribution is 7.89. The molecule has 29 heavy (non-hydrogen) atoms. The molecule has 1 fully saturated rings. The standard InChI is InChI=1S/C20H27FN2O5S/c1-4-22(13-15(2)3)19(24)14-28-20(25)16-8-9-17(21)18(12-16)29(26,27)23-10-6-5-7-11-23/h8-9,12H,2,4-7,10-11,13-14H2,1,3H3. The van der Waals surface area contributed by atoms with Gasteiger partial charge < -0.3 is 9.64 Å². The van der Waals surface area contributed by atoms with Crippen molar-refractivity contribution in [3.63, 3.8) is 0 Å². The number of carbonyl (C=O) groups excluding carboxylic acids is 2. The number of esters is 1. The van der Waals surface area contributed by atoms with E-state index in [1.165, 1.54) is 9.21 Å². The average molecular weight is 427 g/mol. The van der Waals surface area contributed by atoms with Crippen molar-refractivity contribution in [1.82, 2.24) is 9.21 Å². The van der Waals surface area contributed by atoms with Gasteiger partial charge in [-0.2, -0.15) is 4.31 Å². The van der Waals surface area contributed by atoms with Gasteiger partial charge in [-0.1, -0.05) is 18.6 Å². The Balaban J connectivity index is 2.13. The fraction of sp³-hybridized carbons (Fsp3) is 0.500. The van der Waals surface area contributed by atoms with Crippen LogP contribution in [0, 0.1) is 5.82 Å². The van der Waals surface area contributed by atoms with Crippen LogP contribution in [0.1, 0.15) is 43.5 Å². The minimum Gasteiger partial charge on any atom is -0.452 e. The second-order valence-corrected chi connectivity index (χ2v) is 8.96. The Labute approximate surface area is 171 Å². The molecule has 0 unspecified atom stereocenters. The molecule has 1 aromatic rings. The zero-order chi connectivity index (χ0) is 21.6. The summed E-state index contributed by atoms with van der Waals surface area (Å²) >= 11 is 0. The number of hydrogen-bond acceptors (Lipinski definition) is 5. The second kappa shape index (κ2) is 9.98. The molecule has 160 valence electrons. The number of hydrogen-bond donors (Lipinski definition) is 0. The van der Waals surface area contributed by atoms with Gasteiger partial charge in [0.1, 0.15) is 10.7 Å². The maximum absolute atomic E-state index is 14.2. The maximum atomic E-state index is 14.2. The monoisotopic (exact) mass is 426 g/mol. The number of likely N-dealkylation sites (N-methyl/N-ethyl adjacent to an activating group) is 1. The molecule has 1 saturated heterocycles. The van der Waals surface area contributed by atoms with Gasteiger partial charge in [0, 0.05) is 26.2 Å². The summed E-state index contributed by atoms with van der Waals surface area (Å²) in [5.74, 6) is -2.21. The Bertz CT molecular complexity index is 879. The van der Waals surface area contributed by atoms with Crippen LogP contribution < -0.4 is 0 Å². The van der Waals surface area contributed by atoms with Crippen molar-refractivity contribution in [2.24, 2.45) is 0 Å². The molecule has 1 heterocycles. The van der Waals surface area contributed by atoms with Gasteiger partial charge in [-0.05, 0) is 44.9 Å². The Morgan fingerprint density at radius 1 is 1.24 bits per heavy atom. The normalized spacial score (nSPS) is 15.0. The first-order valence-corrected chi connectivity index (χ1v) is 11.0. The van der Waals surface area contributed by atoms with E-state index in [0.29, 0.717) is 39.0 Å². The number of ether oxygens (including phenoxy) is 1. The lowest BCUT2D eigenvalue weighted by molar-refractivity contribution is -0.133. The van der Waals surface area contributed by atoms with Crippen molar-refractivity contribution in [2.45, 2.75) is 38.0 Å². The third kappa shape index (κ3) is 5.86. The zero-order valence-corrected chi connectivity index (χ0v) is 17.6. The SMILES string of the molecule is C=C(C)CN(CC)C(=O)COC(=O)c1ccc(F)c(S(=O)(=O)N2CCCCC2)c1. The van der Waals surface area contributed by atoms with E-state index < -0.39 is 39.2 Å². The topological polar surface area (TPSA) is 84.0 Å². The summed E-state index contributed by atoms with van der Waals surface area (Å²) in [5, 5.41) is 0. The molecular weight excluding hydrogens is 399 g/mol. The smallest absolute Gasteiger partial charge is 0.338 e. The number of piperidine rings is 1. The van der Waals surface area contributed by atoms with E-state index in [-0.39, 0.29) is 5.56 Å². The van der Waals surface area contributed by atoms with Gasteiger partial charge in [0.2, 0.25) is 10.0 Å². The van der Waals surface area contributed by atoms with Gasteiger partial charge in [0.05, 0.1) is 5.56 Å². The average Bonchev–Trinajstić information content (AvgIpc) is 2.70. The van der Waals surface area contributed by atoms with Crippen LogP contribution in [0.25, 0.3) is 0 Å². The molecule has 0 aromatic heterocycles. The lowest BCUT2D eigenvalue weighted by Gasteiger charge is -2.26. The summed E-state index contributed by atoms with van der Waals surface area (Å²) in [6, 6.07) is 3.04. The summed E-state index contributed by atoms with van der Waals surface area (Å²) in [4.78, 5) is 25.4. The van der Waals surface area contributed by atoms with E-state index >= 15 is 0 Å². The third-order valence-electron chi connectivity index (χ3n) is 4.62. The molecule has 0 N–H and O–H groups in total. The van der Waals surface area contributed by atoms with Crippen molar-refractivity contribution in [1.29, 1.82) is 0 Å². The quantitative estimate of drug-likeness (QED) is 0.471. The Hall–Kier alpha value is -2.26. The number of carbonyl (C=O) groups is 2. The van der Waals surface area contributed by atoms with Gasteiger partial charge in [-0.3, -0.25) is 4.79 Å². The second-order valence-electron chi connectivity index (χ2n) is 7.05. The van der Waals surface area contributed by atoms with Crippen molar-refractivity contribution < 1.29 is 27.1 Å². The lowest BCUT2D eigenvalue weighted by atomic mass is 10.2. The molecule has 9 heteroatoms. The van der Waals surface area contributed by atoms with Crippen LogP contribution in [0.3, 0.4) is 0 Å². The van der Waals surface area contributed by atoms with Gasteiger partial charge in [0.15, 0.2) is 6.61 Å². The summed E-state index contributed by atoms with van der Waals surface area (Å²) in [6.07, 6.45) is 2.35. The largest absolute Gasteiger partial charge is 0.452 e. The highest BCUT2D eigenvalue weighted by Gasteiger charge is 2.29. The number of halogens is 1. The first kappa shape index (κ1) is 23.0. The fourth-order valence-electron chi connectivity index (χ4n) is 3.08. The molecule has 1 aromatic carbocycles. The van der Waals surface area contributed by atoms with Crippen LogP contribution >= 0.6 is 0 Å². The van der Waals surface area contributed by atoms with Crippen LogP contribution in [-0.2, 0) is 19.6 Å². The molecule has 1 amide bonds. The zero-order valence-electron chi connectivity index (χ0n) is 16.8. The lowest BCUT2D eigenvalue weighted by Crippen LogP contribution is -2.36. The summed E-state index contributed by atoms with van der Waals surface area (Å²) in [6.45, 7) is 8.25. The van der Waals surface area contributed by atoms with Crippen molar-refractivity contribution in [2.75, 3.05) is 32.8 Å². The minimum absolute atomic E-state index is 0.127. The highest BCUT2D eigenvalue weighted by atomic mass is 32.2. The first-order valence-electron chi connectivity index (χ1n) is 9.55. The fourth-order valence-corrected chi connectivity index (χ4v) is 4.68. The third-order valence-corrected chi connectivity index (χ3v) is 6.54. The maximum Gasteiger partial charge on any atom is 0.338 e. The molecule has 0 aliphatic carbocycles. The molecule has 0 radical (unpaired) electrons. The number of benzene rings is 1. The van der Waals surface area contributed by atoms with Crippen LogP contribution in [0.2, 0.25) is 0 Å². The predicted octanol–water partition coefficient (Wildman–Crippen LogP) is 2.58. The molecule has 2 rings (SSSR count).